The van der Waals surface area contributed by atoms with E-state index >= 15 is 0 Å². The van der Waals surface area contributed by atoms with Crippen LogP contribution in [0.15, 0.2) is 12.1 Å². The molecule has 1 saturated carbocycles. The molecule has 2 aliphatic rings. The van der Waals surface area contributed by atoms with Gasteiger partial charge in [0.25, 0.3) is 0 Å². The highest BCUT2D eigenvalue weighted by Crippen LogP contribution is 2.42. The predicted molar refractivity (Wildman–Crippen MR) is 97.7 cm³/mol. The Balaban J connectivity index is 1.89. The molecule has 6 nitrogen and oxygen atoms in total. The first-order valence-corrected chi connectivity index (χ1v) is 9.21. The van der Waals surface area contributed by atoms with Crippen LogP contribution in [0, 0.1) is 11.8 Å². The van der Waals surface area contributed by atoms with Crippen LogP contribution >= 0.6 is 0 Å². The molecule has 0 radical (unpaired) electrons. The Labute approximate surface area is 149 Å². The van der Waals surface area contributed by atoms with Crippen LogP contribution in [0.25, 0.3) is 0 Å². The summed E-state index contributed by atoms with van der Waals surface area (Å²) in [6.07, 6.45) is 0.958. The minimum absolute atomic E-state index is 0.0648. The molecule has 0 bridgehead atoms. The number of carbonyl (C=O) groups excluding carboxylic acids is 1. The fraction of sp³-hybridized carbons (Fsp3) is 0.632. The summed E-state index contributed by atoms with van der Waals surface area (Å²) in [4.78, 5) is 14.6. The summed E-state index contributed by atoms with van der Waals surface area (Å²) in [5.74, 6) is 2.11. The second kappa shape index (κ2) is 7.95. The molecule has 2 fully saturated rings. The lowest BCUT2D eigenvalue weighted by atomic mass is 10.2. The van der Waals surface area contributed by atoms with Crippen LogP contribution in [-0.2, 0) is 9.53 Å². The number of rotatable bonds is 7. The maximum atomic E-state index is 12.4. The molecular weight excluding hydrogens is 320 g/mol. The number of benzene rings is 1. The van der Waals surface area contributed by atoms with Gasteiger partial charge in [-0.25, -0.2) is 0 Å². The van der Waals surface area contributed by atoms with Crippen molar-refractivity contribution in [3.8, 4) is 11.5 Å². The second-order valence-electron chi connectivity index (χ2n) is 6.59. The molecule has 25 heavy (non-hydrogen) atoms. The lowest BCUT2D eigenvalue weighted by Crippen LogP contribution is -2.36. The molecule has 2 atom stereocenters. The number of nitrogens with zero attached hydrogens (tertiary/aromatic N) is 1. The van der Waals surface area contributed by atoms with Gasteiger partial charge >= 0.3 is 0 Å². The SMILES string of the molecule is CCOc1cc(N2CCOCC2)c(OCC)cc1NC(=O)C1CC1C. The molecule has 3 rings (SSSR count). The zero-order valence-corrected chi connectivity index (χ0v) is 15.3. The van der Waals surface area contributed by atoms with E-state index in [-0.39, 0.29) is 11.8 Å². The summed E-state index contributed by atoms with van der Waals surface area (Å²) in [6, 6.07) is 3.87. The smallest absolute Gasteiger partial charge is 0.227 e. The average molecular weight is 348 g/mol. The first-order valence-electron chi connectivity index (χ1n) is 9.21. The van der Waals surface area contributed by atoms with Gasteiger partial charge in [-0.15, -0.1) is 0 Å². The topological polar surface area (TPSA) is 60.0 Å². The van der Waals surface area contributed by atoms with Crippen LogP contribution in [0.4, 0.5) is 11.4 Å². The van der Waals surface area contributed by atoms with Crippen molar-refractivity contribution >= 4 is 17.3 Å². The van der Waals surface area contributed by atoms with Gasteiger partial charge in [-0.05, 0) is 26.2 Å². The first-order chi connectivity index (χ1) is 12.1. The van der Waals surface area contributed by atoms with Gasteiger partial charge in [-0.1, -0.05) is 6.92 Å². The zero-order chi connectivity index (χ0) is 17.8. The molecule has 1 aliphatic carbocycles. The number of carbonyl (C=O) groups is 1. The molecule has 1 aromatic rings. The van der Waals surface area contributed by atoms with Crippen molar-refractivity contribution in [3.63, 3.8) is 0 Å². The summed E-state index contributed by atoms with van der Waals surface area (Å²) >= 11 is 0. The standard InChI is InChI=1S/C19H28N2O4/c1-4-24-17-12-16(21-6-8-23-9-7-21)18(25-5-2)11-15(17)20-19(22)14-10-13(14)3/h11-14H,4-10H2,1-3H3,(H,20,22). The van der Waals surface area contributed by atoms with Crippen LogP contribution in [-0.4, -0.2) is 45.4 Å². The molecule has 0 aromatic heterocycles. The van der Waals surface area contributed by atoms with Gasteiger partial charge in [0.1, 0.15) is 11.5 Å². The Morgan fingerprint density at radius 2 is 1.84 bits per heavy atom. The van der Waals surface area contributed by atoms with Crippen molar-refractivity contribution in [2.75, 3.05) is 49.7 Å². The van der Waals surface area contributed by atoms with Crippen molar-refractivity contribution in [1.29, 1.82) is 0 Å². The lowest BCUT2D eigenvalue weighted by Gasteiger charge is -2.31. The highest BCUT2D eigenvalue weighted by atomic mass is 16.5. The fourth-order valence-electron chi connectivity index (χ4n) is 3.16. The van der Waals surface area contributed by atoms with Crippen LogP contribution < -0.4 is 19.7 Å². The lowest BCUT2D eigenvalue weighted by molar-refractivity contribution is -0.117. The minimum Gasteiger partial charge on any atom is -0.492 e. The largest absolute Gasteiger partial charge is 0.492 e. The van der Waals surface area contributed by atoms with E-state index in [0.29, 0.717) is 43.8 Å². The van der Waals surface area contributed by atoms with E-state index in [9.17, 15) is 4.79 Å². The fourth-order valence-corrected chi connectivity index (χ4v) is 3.16. The van der Waals surface area contributed by atoms with Gasteiger partial charge in [0.05, 0.1) is 37.8 Å². The third kappa shape index (κ3) is 4.18. The Kier molecular flexibility index (Phi) is 5.68. The first kappa shape index (κ1) is 17.9. The predicted octanol–water partition coefficient (Wildman–Crippen LogP) is 2.92. The van der Waals surface area contributed by atoms with Crippen LogP contribution in [0.2, 0.25) is 0 Å². The van der Waals surface area contributed by atoms with E-state index in [2.05, 4.69) is 17.1 Å². The highest BCUT2D eigenvalue weighted by molar-refractivity contribution is 5.96. The van der Waals surface area contributed by atoms with E-state index in [1.165, 1.54) is 0 Å². The Morgan fingerprint density at radius 3 is 2.44 bits per heavy atom. The van der Waals surface area contributed by atoms with E-state index in [0.717, 1.165) is 30.9 Å². The molecule has 6 heteroatoms. The second-order valence-corrected chi connectivity index (χ2v) is 6.59. The number of hydrogen-bond donors (Lipinski definition) is 1. The number of amides is 1. The zero-order valence-electron chi connectivity index (χ0n) is 15.3. The van der Waals surface area contributed by atoms with Crippen molar-refractivity contribution < 1.29 is 19.0 Å². The van der Waals surface area contributed by atoms with Gasteiger partial charge in [0.2, 0.25) is 5.91 Å². The molecule has 138 valence electrons. The highest BCUT2D eigenvalue weighted by Gasteiger charge is 2.39. The number of anilines is 2. The minimum atomic E-state index is 0.0648. The molecule has 1 aromatic carbocycles. The van der Waals surface area contributed by atoms with Crippen molar-refractivity contribution in [2.45, 2.75) is 27.2 Å². The van der Waals surface area contributed by atoms with Crippen LogP contribution in [0.3, 0.4) is 0 Å². The van der Waals surface area contributed by atoms with Crippen molar-refractivity contribution in [3.05, 3.63) is 12.1 Å². The molecular formula is C19H28N2O4. The molecule has 0 spiro atoms. The van der Waals surface area contributed by atoms with Gasteiger partial charge in [0, 0.05) is 31.1 Å². The summed E-state index contributed by atoms with van der Waals surface area (Å²) < 4.78 is 17.1. The maximum absolute atomic E-state index is 12.4. The van der Waals surface area contributed by atoms with Crippen molar-refractivity contribution in [2.24, 2.45) is 11.8 Å². The quantitative estimate of drug-likeness (QED) is 0.821. The number of hydrogen-bond acceptors (Lipinski definition) is 5. The summed E-state index contributed by atoms with van der Waals surface area (Å²) in [5.41, 5.74) is 1.68. The Hall–Kier alpha value is -1.95. The Bertz CT molecular complexity index is 614. The monoisotopic (exact) mass is 348 g/mol. The average Bonchev–Trinajstić information content (AvgIpc) is 3.35. The molecule has 1 saturated heterocycles. The van der Waals surface area contributed by atoms with Gasteiger partial charge in [-0.3, -0.25) is 4.79 Å². The van der Waals surface area contributed by atoms with Gasteiger partial charge in [0.15, 0.2) is 0 Å². The maximum Gasteiger partial charge on any atom is 0.227 e. The summed E-state index contributed by atoms with van der Waals surface area (Å²) in [5, 5.41) is 3.03. The number of nitrogens with one attached hydrogen (secondary N) is 1. The van der Waals surface area contributed by atoms with Crippen LogP contribution in [0.1, 0.15) is 27.2 Å². The normalized spacial score (nSPS) is 22.4. The molecule has 1 heterocycles. The van der Waals surface area contributed by atoms with Gasteiger partial charge < -0.3 is 24.4 Å². The third-order valence-corrected chi connectivity index (χ3v) is 4.72. The number of morpholine rings is 1. The molecule has 1 aliphatic heterocycles. The van der Waals surface area contributed by atoms with Crippen molar-refractivity contribution in [1.82, 2.24) is 0 Å². The van der Waals surface area contributed by atoms with E-state index in [1.807, 2.05) is 26.0 Å². The molecule has 1 amide bonds. The number of ether oxygens (including phenoxy) is 3. The van der Waals surface area contributed by atoms with Gasteiger partial charge in [-0.2, -0.15) is 0 Å². The molecule has 1 N–H and O–H groups in total. The Morgan fingerprint density at radius 1 is 1.20 bits per heavy atom. The van der Waals surface area contributed by atoms with E-state index in [4.69, 9.17) is 14.2 Å². The van der Waals surface area contributed by atoms with E-state index in [1.54, 1.807) is 0 Å². The van der Waals surface area contributed by atoms with Crippen LogP contribution in [0.5, 0.6) is 11.5 Å². The third-order valence-electron chi connectivity index (χ3n) is 4.72. The van der Waals surface area contributed by atoms with E-state index < -0.39 is 0 Å². The summed E-state index contributed by atoms with van der Waals surface area (Å²) in [6.45, 7) is 10.1. The summed E-state index contributed by atoms with van der Waals surface area (Å²) in [7, 11) is 0. The molecule has 2 unspecified atom stereocenters.